The normalized spacial score (nSPS) is 19.4. The summed E-state index contributed by atoms with van der Waals surface area (Å²) in [5.74, 6) is -2.18. The van der Waals surface area contributed by atoms with E-state index >= 15 is 0 Å². The highest BCUT2D eigenvalue weighted by molar-refractivity contribution is 5.89. The Bertz CT molecular complexity index is 579. The van der Waals surface area contributed by atoms with Crippen LogP contribution in [-0.2, 0) is 15.0 Å². The number of aliphatic carboxylic acids is 1. The smallest absolute Gasteiger partial charge is 0.337 e. The molecule has 6 heteroatoms. The quantitative estimate of drug-likeness (QED) is 0.771. The van der Waals surface area contributed by atoms with Crippen molar-refractivity contribution in [2.45, 2.75) is 43.6 Å². The number of carbonyl (C=O) groups is 2. The van der Waals surface area contributed by atoms with Crippen molar-refractivity contribution >= 4 is 11.9 Å². The van der Waals surface area contributed by atoms with Crippen molar-refractivity contribution < 1.29 is 24.2 Å². The van der Waals surface area contributed by atoms with Crippen LogP contribution in [0.15, 0.2) is 24.3 Å². The summed E-state index contributed by atoms with van der Waals surface area (Å²) >= 11 is 0. The second-order valence-electron chi connectivity index (χ2n) is 6.06. The average molecular weight is 309 g/mol. The Kier molecular flexibility index (Phi) is 4.51. The van der Waals surface area contributed by atoms with Gasteiger partial charge in [-0.3, -0.25) is 4.79 Å². The van der Waals surface area contributed by atoms with Gasteiger partial charge >= 0.3 is 5.97 Å². The zero-order chi connectivity index (χ0) is 16.4. The molecule has 1 aromatic carbocycles. The van der Waals surface area contributed by atoms with Crippen LogP contribution in [0.5, 0.6) is 0 Å². The third-order valence-electron chi connectivity index (χ3n) is 4.32. The second-order valence-corrected chi connectivity index (χ2v) is 6.06. The predicted molar refractivity (Wildman–Crippen MR) is 77.8 cm³/mol. The molecule has 0 saturated heterocycles. The summed E-state index contributed by atoms with van der Waals surface area (Å²) in [5.41, 5.74) is -2.29. The summed E-state index contributed by atoms with van der Waals surface area (Å²) in [6.45, 7) is 0.733. The van der Waals surface area contributed by atoms with Gasteiger partial charge in [0.25, 0.3) is 0 Å². The van der Waals surface area contributed by atoms with E-state index in [4.69, 9.17) is 5.11 Å². The van der Waals surface area contributed by atoms with Crippen LogP contribution >= 0.6 is 0 Å². The van der Waals surface area contributed by atoms with E-state index in [-0.39, 0.29) is 5.91 Å². The lowest BCUT2D eigenvalue weighted by molar-refractivity contribution is -0.156. The van der Waals surface area contributed by atoms with Crippen molar-refractivity contribution in [3.8, 4) is 0 Å². The third kappa shape index (κ3) is 3.11. The molecule has 1 unspecified atom stereocenters. The number of hydrogen-bond acceptors (Lipinski definition) is 3. The van der Waals surface area contributed by atoms with Crippen LogP contribution in [0.25, 0.3) is 0 Å². The summed E-state index contributed by atoms with van der Waals surface area (Å²) in [4.78, 5) is 23.5. The summed E-state index contributed by atoms with van der Waals surface area (Å²) in [6, 6.07) is 5.94. The highest BCUT2D eigenvalue weighted by Crippen LogP contribution is 2.41. The highest BCUT2D eigenvalue weighted by atomic mass is 19.1. The summed E-state index contributed by atoms with van der Waals surface area (Å²) in [6.07, 6.45) is 2.85. The van der Waals surface area contributed by atoms with Gasteiger partial charge in [0.1, 0.15) is 5.82 Å². The monoisotopic (exact) mass is 309 g/mol. The minimum Gasteiger partial charge on any atom is -0.479 e. The van der Waals surface area contributed by atoms with Crippen molar-refractivity contribution in [2.75, 3.05) is 6.54 Å². The molecule has 1 aromatic rings. The second kappa shape index (κ2) is 6.04. The molecule has 0 bridgehead atoms. The van der Waals surface area contributed by atoms with Crippen molar-refractivity contribution in [1.82, 2.24) is 5.32 Å². The number of carboxylic acid groups (broad SMARTS) is 1. The maximum Gasteiger partial charge on any atom is 0.337 e. The van der Waals surface area contributed by atoms with E-state index in [0.29, 0.717) is 18.4 Å². The Morgan fingerprint density at radius 3 is 2.55 bits per heavy atom. The van der Waals surface area contributed by atoms with Gasteiger partial charge in [-0.05, 0) is 37.5 Å². The molecule has 1 fully saturated rings. The molecule has 1 amide bonds. The Hall–Kier alpha value is -1.95. The van der Waals surface area contributed by atoms with E-state index in [2.05, 4.69) is 5.32 Å². The number of nitrogens with one attached hydrogen (secondary N) is 1. The molecule has 1 saturated carbocycles. The molecule has 2 rings (SSSR count). The molecule has 120 valence electrons. The molecule has 0 spiro atoms. The van der Waals surface area contributed by atoms with Gasteiger partial charge in [0.2, 0.25) is 5.91 Å². The van der Waals surface area contributed by atoms with Gasteiger partial charge in [-0.15, -0.1) is 0 Å². The molecule has 22 heavy (non-hydrogen) atoms. The van der Waals surface area contributed by atoms with Crippen molar-refractivity contribution in [3.63, 3.8) is 0 Å². The molecule has 0 radical (unpaired) electrons. The first-order valence-corrected chi connectivity index (χ1v) is 7.28. The average Bonchev–Trinajstić information content (AvgIpc) is 2.95. The lowest BCUT2D eigenvalue weighted by Crippen LogP contribution is -2.51. The number of halogens is 1. The summed E-state index contributed by atoms with van der Waals surface area (Å²) in [7, 11) is 0. The first kappa shape index (κ1) is 16.4. The molecular formula is C16H20FNO4. The van der Waals surface area contributed by atoms with E-state index in [1.165, 1.54) is 12.1 Å². The standard InChI is InChI=1S/C16H20FNO4/c1-15(22,14(20)21)10-18-13(19)16(7-2-3-8-16)11-5-4-6-12(17)9-11/h4-6,9,22H,2-3,7-8,10H2,1H3,(H,18,19)(H,20,21). The molecule has 5 nitrogen and oxygen atoms in total. The third-order valence-corrected chi connectivity index (χ3v) is 4.32. The first-order valence-electron chi connectivity index (χ1n) is 7.28. The zero-order valence-electron chi connectivity index (χ0n) is 12.4. The molecular weight excluding hydrogens is 289 g/mol. The molecule has 1 aliphatic carbocycles. The SMILES string of the molecule is CC(O)(CNC(=O)C1(c2cccc(F)c2)CCCC1)C(=O)O. The number of benzene rings is 1. The van der Waals surface area contributed by atoms with Crippen LogP contribution in [0.4, 0.5) is 4.39 Å². The van der Waals surface area contributed by atoms with Crippen molar-refractivity contribution in [2.24, 2.45) is 0 Å². The fourth-order valence-corrected chi connectivity index (χ4v) is 2.91. The van der Waals surface area contributed by atoms with Crippen LogP contribution in [0.2, 0.25) is 0 Å². The van der Waals surface area contributed by atoms with E-state index in [9.17, 15) is 19.1 Å². The van der Waals surface area contributed by atoms with Gasteiger partial charge < -0.3 is 15.5 Å². The Morgan fingerprint density at radius 1 is 1.36 bits per heavy atom. The molecule has 1 atom stereocenters. The number of amides is 1. The van der Waals surface area contributed by atoms with Crippen LogP contribution in [0, 0.1) is 5.82 Å². The van der Waals surface area contributed by atoms with Crippen molar-refractivity contribution in [1.29, 1.82) is 0 Å². The Balaban J connectivity index is 2.21. The number of carboxylic acids is 1. The van der Waals surface area contributed by atoms with E-state index < -0.39 is 29.3 Å². The molecule has 0 heterocycles. The minimum absolute atomic E-state index is 0.364. The van der Waals surface area contributed by atoms with E-state index in [1.54, 1.807) is 12.1 Å². The highest BCUT2D eigenvalue weighted by Gasteiger charge is 2.43. The number of carbonyl (C=O) groups excluding carboxylic acids is 1. The fourth-order valence-electron chi connectivity index (χ4n) is 2.91. The fraction of sp³-hybridized carbons (Fsp3) is 0.500. The van der Waals surface area contributed by atoms with E-state index in [0.717, 1.165) is 19.8 Å². The minimum atomic E-state index is -2.03. The van der Waals surface area contributed by atoms with Gasteiger partial charge in [-0.2, -0.15) is 0 Å². The molecule has 1 aliphatic rings. The number of aliphatic hydroxyl groups is 1. The van der Waals surface area contributed by atoms with Gasteiger partial charge in [0.15, 0.2) is 5.60 Å². The summed E-state index contributed by atoms with van der Waals surface area (Å²) in [5, 5.41) is 21.1. The van der Waals surface area contributed by atoms with Gasteiger partial charge in [0, 0.05) is 0 Å². The van der Waals surface area contributed by atoms with Gasteiger partial charge in [0.05, 0.1) is 12.0 Å². The number of hydrogen-bond donors (Lipinski definition) is 3. The van der Waals surface area contributed by atoms with Crippen LogP contribution < -0.4 is 5.32 Å². The number of rotatable bonds is 5. The van der Waals surface area contributed by atoms with Crippen molar-refractivity contribution in [3.05, 3.63) is 35.6 Å². The first-order chi connectivity index (χ1) is 10.3. The van der Waals surface area contributed by atoms with Crippen LogP contribution in [0.1, 0.15) is 38.2 Å². The lowest BCUT2D eigenvalue weighted by atomic mass is 9.78. The lowest BCUT2D eigenvalue weighted by Gasteiger charge is -2.30. The van der Waals surface area contributed by atoms with Gasteiger partial charge in [-0.25, -0.2) is 9.18 Å². The molecule has 0 aromatic heterocycles. The topological polar surface area (TPSA) is 86.6 Å². The predicted octanol–water partition coefficient (Wildman–Crippen LogP) is 1.59. The Labute approximate surface area is 128 Å². The maximum absolute atomic E-state index is 13.5. The maximum atomic E-state index is 13.5. The molecule has 0 aliphatic heterocycles. The zero-order valence-corrected chi connectivity index (χ0v) is 12.4. The Morgan fingerprint density at radius 2 is 2.00 bits per heavy atom. The van der Waals surface area contributed by atoms with Gasteiger partial charge in [-0.1, -0.05) is 25.0 Å². The van der Waals surface area contributed by atoms with Crippen LogP contribution in [-0.4, -0.2) is 34.2 Å². The summed E-state index contributed by atoms with van der Waals surface area (Å²) < 4.78 is 13.5. The largest absolute Gasteiger partial charge is 0.479 e. The van der Waals surface area contributed by atoms with E-state index in [1.807, 2.05) is 0 Å². The van der Waals surface area contributed by atoms with Crippen LogP contribution in [0.3, 0.4) is 0 Å². The molecule has 3 N–H and O–H groups in total.